The van der Waals surface area contributed by atoms with Gasteiger partial charge in [0, 0.05) is 18.5 Å². The van der Waals surface area contributed by atoms with E-state index in [0.29, 0.717) is 25.3 Å². The van der Waals surface area contributed by atoms with Crippen molar-refractivity contribution in [3.8, 4) is 5.75 Å². The number of alkyl halides is 3. The Morgan fingerprint density at radius 3 is 2.28 bits per heavy atom. The number of aromatic nitrogens is 2. The summed E-state index contributed by atoms with van der Waals surface area (Å²) >= 11 is 0. The van der Waals surface area contributed by atoms with Crippen molar-refractivity contribution < 1.29 is 27.4 Å². The smallest absolute Gasteiger partial charge is 0.416 e. The zero-order chi connectivity index (χ0) is 23.9. The molecule has 0 aliphatic carbocycles. The molecule has 1 aliphatic rings. The third kappa shape index (κ3) is 7.01. The first-order valence-electron chi connectivity index (χ1n) is 9.42. The molecule has 2 N–H and O–H groups in total. The molecule has 1 amide bonds. The van der Waals surface area contributed by atoms with E-state index in [4.69, 9.17) is 30.9 Å². The summed E-state index contributed by atoms with van der Waals surface area (Å²) in [6.07, 6.45) is -0.0455. The number of methoxy groups -OCH3 is 1. The molecule has 12 heteroatoms. The van der Waals surface area contributed by atoms with Crippen LogP contribution in [0.25, 0.3) is 0 Å². The zero-order valence-corrected chi connectivity index (χ0v) is 17.4. The zero-order valence-electron chi connectivity index (χ0n) is 17.4. The van der Waals surface area contributed by atoms with Crippen LogP contribution in [0.3, 0.4) is 0 Å². The number of likely N-dealkylation sites (tertiary alicyclic amines) is 1. The summed E-state index contributed by atoms with van der Waals surface area (Å²) in [5.74, 6) is 0.658. The van der Waals surface area contributed by atoms with Crippen molar-refractivity contribution in [3.63, 3.8) is 0 Å². The van der Waals surface area contributed by atoms with Crippen molar-refractivity contribution in [2.45, 2.75) is 24.1 Å². The van der Waals surface area contributed by atoms with Gasteiger partial charge in [0.2, 0.25) is 11.9 Å². The molecule has 0 spiro atoms. The van der Waals surface area contributed by atoms with Gasteiger partial charge in [-0.1, -0.05) is 18.7 Å². The highest BCUT2D eigenvalue weighted by Gasteiger charge is 2.33. The number of carbonyl (C=O) groups excluding carboxylic acids is 1. The largest absolute Gasteiger partial charge is 0.494 e. The average Bonchev–Trinajstić information content (AvgIpc) is 3.21. The van der Waals surface area contributed by atoms with Crippen molar-refractivity contribution in [1.82, 2.24) is 14.9 Å². The number of hydrogen-bond donors (Lipinski definition) is 1. The Balaban J connectivity index is 0.000000336. The Morgan fingerprint density at radius 1 is 1.22 bits per heavy atom. The Morgan fingerprint density at radius 2 is 1.78 bits per heavy atom. The van der Waals surface area contributed by atoms with Gasteiger partial charge >= 0.3 is 6.18 Å². The minimum Gasteiger partial charge on any atom is -0.494 e. The molecule has 32 heavy (non-hydrogen) atoms. The van der Waals surface area contributed by atoms with Crippen LogP contribution >= 0.6 is 0 Å². The second-order valence-electron chi connectivity index (χ2n) is 6.87. The first-order valence-corrected chi connectivity index (χ1v) is 9.42. The van der Waals surface area contributed by atoms with Crippen molar-refractivity contribution in [1.29, 1.82) is 0 Å². The van der Waals surface area contributed by atoms with Gasteiger partial charge in [-0.2, -0.15) is 13.2 Å². The molecular formula is C20H21B2F3N4O3. The van der Waals surface area contributed by atoms with Crippen LogP contribution in [0.4, 0.5) is 19.1 Å². The lowest BCUT2D eigenvalue weighted by molar-refractivity contribution is -0.137. The minimum absolute atomic E-state index is 0.217. The van der Waals surface area contributed by atoms with Crippen molar-refractivity contribution in [2.24, 2.45) is 0 Å². The molecule has 1 aliphatic heterocycles. The fourth-order valence-corrected chi connectivity index (χ4v) is 2.85. The van der Waals surface area contributed by atoms with E-state index in [9.17, 15) is 18.0 Å². The SMILES string of the molecule is COc1cnc(N)nc1.[B]C([B])(OC1CCN(C(=O)C=C)C1)c1ccc(C(F)(F)F)cc1. The van der Waals surface area contributed by atoms with Crippen LogP contribution in [0.2, 0.25) is 0 Å². The lowest BCUT2D eigenvalue weighted by Gasteiger charge is -2.31. The highest BCUT2D eigenvalue weighted by atomic mass is 19.4. The van der Waals surface area contributed by atoms with E-state index < -0.39 is 23.2 Å². The van der Waals surface area contributed by atoms with Gasteiger partial charge in [0.05, 0.1) is 31.2 Å². The lowest BCUT2D eigenvalue weighted by atomic mass is 9.61. The van der Waals surface area contributed by atoms with Gasteiger partial charge in [0.15, 0.2) is 5.75 Å². The van der Waals surface area contributed by atoms with E-state index in [-0.39, 0.29) is 17.4 Å². The number of carbonyl (C=O) groups is 1. The molecule has 166 valence electrons. The van der Waals surface area contributed by atoms with Gasteiger partial charge in [-0.3, -0.25) is 4.79 Å². The van der Waals surface area contributed by atoms with Crippen LogP contribution in [0, 0.1) is 0 Å². The monoisotopic (exact) mass is 444 g/mol. The Kier molecular flexibility index (Phi) is 8.31. The van der Waals surface area contributed by atoms with Crippen LogP contribution in [-0.2, 0) is 21.1 Å². The number of benzene rings is 1. The van der Waals surface area contributed by atoms with E-state index in [2.05, 4.69) is 16.5 Å². The van der Waals surface area contributed by atoms with E-state index in [1.165, 1.54) is 30.6 Å². The summed E-state index contributed by atoms with van der Waals surface area (Å²) in [6, 6.07) is 4.17. The third-order valence-electron chi connectivity index (χ3n) is 4.54. The van der Waals surface area contributed by atoms with Crippen molar-refractivity contribution in [3.05, 3.63) is 60.4 Å². The minimum atomic E-state index is -4.43. The summed E-state index contributed by atoms with van der Waals surface area (Å²) in [7, 11) is 13.3. The van der Waals surface area contributed by atoms with Crippen LogP contribution in [-0.4, -0.2) is 62.8 Å². The number of amides is 1. The van der Waals surface area contributed by atoms with Gasteiger partial charge in [-0.25, -0.2) is 9.97 Å². The van der Waals surface area contributed by atoms with Crippen LogP contribution < -0.4 is 10.5 Å². The first kappa shape index (κ1) is 25.3. The number of halogens is 3. The summed E-state index contributed by atoms with van der Waals surface area (Å²) in [5.41, 5.74) is 4.63. The van der Waals surface area contributed by atoms with Gasteiger partial charge in [-0.05, 0) is 30.2 Å². The van der Waals surface area contributed by atoms with Crippen molar-refractivity contribution >= 4 is 27.5 Å². The van der Waals surface area contributed by atoms with Gasteiger partial charge in [0.1, 0.15) is 15.7 Å². The van der Waals surface area contributed by atoms with Crippen LogP contribution in [0.15, 0.2) is 49.3 Å². The summed E-state index contributed by atoms with van der Waals surface area (Å²) in [6.45, 7) is 4.20. The topological polar surface area (TPSA) is 90.6 Å². The third-order valence-corrected chi connectivity index (χ3v) is 4.54. The van der Waals surface area contributed by atoms with E-state index >= 15 is 0 Å². The Labute approximate surface area is 186 Å². The van der Waals surface area contributed by atoms with E-state index in [0.717, 1.165) is 12.1 Å². The van der Waals surface area contributed by atoms with Gasteiger partial charge < -0.3 is 20.1 Å². The molecule has 1 unspecified atom stereocenters. The fraction of sp³-hybridized carbons (Fsp3) is 0.350. The van der Waals surface area contributed by atoms with Crippen molar-refractivity contribution in [2.75, 3.05) is 25.9 Å². The van der Waals surface area contributed by atoms with Gasteiger partial charge in [-0.15, -0.1) is 0 Å². The molecular weight excluding hydrogens is 423 g/mol. The number of nitrogens with two attached hydrogens (primary N) is 1. The summed E-state index contributed by atoms with van der Waals surface area (Å²) in [5, 5.41) is -1.73. The Bertz CT molecular complexity index is 910. The normalized spacial score (nSPS) is 16.1. The number of anilines is 1. The predicted molar refractivity (Wildman–Crippen MR) is 114 cm³/mol. The molecule has 0 bridgehead atoms. The molecule has 1 fully saturated rings. The number of hydrogen-bond acceptors (Lipinski definition) is 6. The maximum absolute atomic E-state index is 12.6. The fourth-order valence-electron chi connectivity index (χ4n) is 2.85. The maximum Gasteiger partial charge on any atom is 0.416 e. The maximum atomic E-state index is 12.6. The average molecular weight is 444 g/mol. The number of rotatable bonds is 5. The van der Waals surface area contributed by atoms with Crippen LogP contribution in [0.1, 0.15) is 17.5 Å². The quantitative estimate of drug-likeness (QED) is 0.561. The molecule has 0 saturated carbocycles. The second kappa shape index (κ2) is 10.5. The number of ether oxygens (including phenoxy) is 2. The molecule has 1 saturated heterocycles. The van der Waals surface area contributed by atoms with E-state index in [1.54, 1.807) is 12.0 Å². The second-order valence-corrected chi connectivity index (χ2v) is 6.87. The highest BCUT2D eigenvalue weighted by Crippen LogP contribution is 2.31. The molecule has 1 aromatic heterocycles. The molecule has 1 aromatic carbocycles. The first-order chi connectivity index (χ1) is 15.0. The molecule has 1 atom stereocenters. The molecule has 2 heterocycles. The summed E-state index contributed by atoms with van der Waals surface area (Å²) in [4.78, 5) is 20.4. The molecule has 3 rings (SSSR count). The van der Waals surface area contributed by atoms with E-state index in [1.807, 2.05) is 0 Å². The molecule has 4 radical (unpaired) electrons. The number of nitrogens with zero attached hydrogens (tertiary/aromatic N) is 3. The lowest BCUT2D eigenvalue weighted by Crippen LogP contribution is -2.37. The number of nitrogen functional groups attached to an aromatic ring is 1. The molecule has 2 aromatic rings. The predicted octanol–water partition coefficient (Wildman–Crippen LogP) is 2.02. The Hall–Kier alpha value is -3.01. The molecule has 7 nitrogen and oxygen atoms in total. The summed E-state index contributed by atoms with van der Waals surface area (Å²) < 4.78 is 48.0. The highest BCUT2D eigenvalue weighted by molar-refractivity contribution is 6.38. The standard InChI is InChI=1S/C15H14B2F3NO2.C5H7N3O/c1-2-13(22)21-8-7-12(9-21)23-14(16,17)10-3-5-11(6-4-10)15(18,19)20;1-9-4-2-7-5(6)8-3-4/h2-6,12H,1,7-9H2;2-3H,1H3,(H2,6,7,8). The van der Waals surface area contributed by atoms with Crippen LogP contribution in [0.5, 0.6) is 5.75 Å². The van der Waals surface area contributed by atoms with Gasteiger partial charge in [0.25, 0.3) is 0 Å².